The van der Waals surface area contributed by atoms with E-state index in [2.05, 4.69) is 5.16 Å². The highest BCUT2D eigenvalue weighted by molar-refractivity contribution is 5.91. The molecule has 1 saturated heterocycles. The number of rotatable bonds is 7. The van der Waals surface area contributed by atoms with Crippen molar-refractivity contribution in [3.05, 3.63) is 83.2 Å². The van der Waals surface area contributed by atoms with Gasteiger partial charge in [-0.1, -0.05) is 47.6 Å². The quantitative estimate of drug-likeness (QED) is 0.591. The number of piperidine rings is 1. The van der Waals surface area contributed by atoms with E-state index in [9.17, 15) is 4.79 Å². The van der Waals surface area contributed by atoms with E-state index in [-0.39, 0.29) is 17.8 Å². The summed E-state index contributed by atoms with van der Waals surface area (Å²) in [6, 6.07) is 19.6. The summed E-state index contributed by atoms with van der Waals surface area (Å²) in [5.41, 5.74) is 2.91. The number of likely N-dealkylation sites (tertiary alicyclic amines) is 1. The van der Waals surface area contributed by atoms with Gasteiger partial charge < -0.3 is 18.9 Å². The summed E-state index contributed by atoms with van der Waals surface area (Å²) < 4.78 is 16.7. The SMILES string of the molecule is COc1cccc(Cc2cc(C(=O)N3CCCC(OCc4ccccc4)C3)on2)c1. The molecule has 30 heavy (non-hydrogen) atoms. The molecule has 156 valence electrons. The summed E-state index contributed by atoms with van der Waals surface area (Å²) in [6.45, 7) is 1.83. The van der Waals surface area contributed by atoms with E-state index in [1.54, 1.807) is 18.1 Å². The lowest BCUT2D eigenvalue weighted by atomic mass is 10.1. The molecular weight excluding hydrogens is 380 g/mol. The summed E-state index contributed by atoms with van der Waals surface area (Å²) in [7, 11) is 1.64. The number of carbonyl (C=O) groups excluding carboxylic acids is 1. The first-order chi connectivity index (χ1) is 14.7. The van der Waals surface area contributed by atoms with Gasteiger partial charge in [0.1, 0.15) is 5.75 Å². The number of carbonyl (C=O) groups is 1. The molecule has 1 atom stereocenters. The maximum Gasteiger partial charge on any atom is 0.292 e. The average Bonchev–Trinajstić information content (AvgIpc) is 3.26. The molecule has 0 spiro atoms. The van der Waals surface area contributed by atoms with E-state index in [4.69, 9.17) is 14.0 Å². The van der Waals surface area contributed by atoms with E-state index in [0.717, 1.165) is 35.4 Å². The number of hydrogen-bond acceptors (Lipinski definition) is 5. The summed E-state index contributed by atoms with van der Waals surface area (Å²) in [4.78, 5) is 14.7. The topological polar surface area (TPSA) is 64.8 Å². The fourth-order valence-electron chi connectivity index (χ4n) is 3.69. The van der Waals surface area contributed by atoms with Gasteiger partial charge in [0.15, 0.2) is 0 Å². The third-order valence-electron chi connectivity index (χ3n) is 5.28. The minimum Gasteiger partial charge on any atom is -0.497 e. The van der Waals surface area contributed by atoms with Crippen LogP contribution in [0.2, 0.25) is 0 Å². The number of nitrogens with zero attached hydrogens (tertiary/aromatic N) is 2. The molecule has 1 amide bonds. The van der Waals surface area contributed by atoms with E-state index in [1.807, 2.05) is 54.6 Å². The van der Waals surface area contributed by atoms with Crippen LogP contribution in [0, 0.1) is 0 Å². The van der Waals surface area contributed by atoms with Crippen LogP contribution in [-0.4, -0.2) is 42.3 Å². The van der Waals surface area contributed by atoms with Crippen molar-refractivity contribution in [3.63, 3.8) is 0 Å². The van der Waals surface area contributed by atoms with Crippen LogP contribution in [0.25, 0.3) is 0 Å². The zero-order valence-electron chi connectivity index (χ0n) is 17.1. The van der Waals surface area contributed by atoms with Crippen molar-refractivity contribution in [2.24, 2.45) is 0 Å². The highest BCUT2D eigenvalue weighted by atomic mass is 16.5. The Morgan fingerprint density at radius 1 is 1.13 bits per heavy atom. The minimum atomic E-state index is -0.132. The van der Waals surface area contributed by atoms with Gasteiger partial charge in [-0.2, -0.15) is 0 Å². The standard InChI is InChI=1S/C24H26N2O4/c1-28-21-10-5-9-19(14-21)13-20-15-23(30-25-20)24(27)26-12-6-11-22(16-26)29-17-18-7-3-2-4-8-18/h2-5,7-10,14-15,22H,6,11-13,16-17H2,1H3. The molecule has 2 heterocycles. The summed E-state index contributed by atoms with van der Waals surface area (Å²) in [5, 5.41) is 4.08. The molecule has 6 heteroatoms. The van der Waals surface area contributed by atoms with Crippen LogP contribution in [0.3, 0.4) is 0 Å². The Labute approximate surface area is 176 Å². The smallest absolute Gasteiger partial charge is 0.292 e. The predicted molar refractivity (Wildman–Crippen MR) is 112 cm³/mol. The first-order valence-corrected chi connectivity index (χ1v) is 10.2. The Hall–Kier alpha value is -3.12. The molecule has 3 aromatic rings. The van der Waals surface area contributed by atoms with Crippen LogP contribution >= 0.6 is 0 Å². The van der Waals surface area contributed by atoms with Gasteiger partial charge >= 0.3 is 0 Å². The Morgan fingerprint density at radius 2 is 1.97 bits per heavy atom. The summed E-state index contributed by atoms with van der Waals surface area (Å²) >= 11 is 0. The number of benzene rings is 2. The molecule has 1 aromatic heterocycles. The first-order valence-electron chi connectivity index (χ1n) is 10.2. The molecule has 6 nitrogen and oxygen atoms in total. The number of methoxy groups -OCH3 is 1. The lowest BCUT2D eigenvalue weighted by Crippen LogP contribution is -2.43. The monoisotopic (exact) mass is 406 g/mol. The van der Waals surface area contributed by atoms with Crippen LogP contribution in [0.4, 0.5) is 0 Å². The maximum atomic E-state index is 12.9. The maximum absolute atomic E-state index is 12.9. The highest BCUT2D eigenvalue weighted by Crippen LogP contribution is 2.20. The molecule has 4 rings (SSSR count). The van der Waals surface area contributed by atoms with Crippen LogP contribution in [-0.2, 0) is 17.8 Å². The molecule has 1 fully saturated rings. The first kappa shape index (κ1) is 20.2. The van der Waals surface area contributed by atoms with Crippen molar-refractivity contribution in [2.75, 3.05) is 20.2 Å². The fourth-order valence-corrected chi connectivity index (χ4v) is 3.69. The normalized spacial score (nSPS) is 16.4. The van der Waals surface area contributed by atoms with Gasteiger partial charge in [-0.05, 0) is 36.1 Å². The number of amides is 1. The van der Waals surface area contributed by atoms with Crippen LogP contribution in [0.5, 0.6) is 5.75 Å². The Balaban J connectivity index is 1.34. The lowest BCUT2D eigenvalue weighted by molar-refractivity contribution is -0.00774. The van der Waals surface area contributed by atoms with Crippen molar-refractivity contribution in [1.82, 2.24) is 10.1 Å². The Morgan fingerprint density at radius 3 is 2.80 bits per heavy atom. The minimum absolute atomic E-state index is 0.0297. The second-order valence-corrected chi connectivity index (χ2v) is 7.52. The van der Waals surface area contributed by atoms with Crippen molar-refractivity contribution < 1.29 is 18.8 Å². The van der Waals surface area contributed by atoms with E-state index >= 15 is 0 Å². The van der Waals surface area contributed by atoms with E-state index in [0.29, 0.717) is 26.1 Å². The molecule has 1 aliphatic rings. The third-order valence-corrected chi connectivity index (χ3v) is 5.28. The molecule has 0 radical (unpaired) electrons. The van der Waals surface area contributed by atoms with Crippen molar-refractivity contribution in [2.45, 2.75) is 32.0 Å². The molecule has 0 bridgehead atoms. The summed E-state index contributed by atoms with van der Waals surface area (Å²) in [6.07, 6.45) is 2.48. The number of aromatic nitrogens is 1. The number of hydrogen-bond donors (Lipinski definition) is 0. The highest BCUT2D eigenvalue weighted by Gasteiger charge is 2.27. The van der Waals surface area contributed by atoms with Crippen molar-refractivity contribution in [3.8, 4) is 5.75 Å². The van der Waals surface area contributed by atoms with Gasteiger partial charge in [-0.15, -0.1) is 0 Å². The predicted octanol–water partition coefficient (Wildman–Crippen LogP) is 4.10. The second-order valence-electron chi connectivity index (χ2n) is 7.52. The second kappa shape index (κ2) is 9.59. The van der Waals surface area contributed by atoms with Gasteiger partial charge in [0.2, 0.25) is 5.76 Å². The average molecular weight is 406 g/mol. The molecule has 1 aliphatic heterocycles. The molecule has 0 N–H and O–H groups in total. The van der Waals surface area contributed by atoms with Crippen molar-refractivity contribution >= 4 is 5.91 Å². The van der Waals surface area contributed by atoms with Gasteiger partial charge in [0, 0.05) is 25.6 Å². The van der Waals surface area contributed by atoms with Crippen molar-refractivity contribution in [1.29, 1.82) is 0 Å². The third kappa shape index (κ3) is 5.07. The molecule has 0 saturated carbocycles. The summed E-state index contributed by atoms with van der Waals surface area (Å²) in [5.74, 6) is 0.936. The van der Waals surface area contributed by atoms with Crippen LogP contribution in [0.1, 0.15) is 40.2 Å². The van der Waals surface area contributed by atoms with Gasteiger partial charge in [0.25, 0.3) is 5.91 Å². The van der Waals surface area contributed by atoms with Gasteiger partial charge in [-0.3, -0.25) is 4.79 Å². The molecule has 2 aromatic carbocycles. The van der Waals surface area contributed by atoms with E-state index < -0.39 is 0 Å². The Bertz CT molecular complexity index is 970. The van der Waals surface area contributed by atoms with Gasteiger partial charge in [0.05, 0.1) is 25.5 Å². The number of ether oxygens (including phenoxy) is 2. The molecular formula is C24H26N2O4. The largest absolute Gasteiger partial charge is 0.497 e. The molecule has 1 unspecified atom stereocenters. The van der Waals surface area contributed by atoms with E-state index in [1.165, 1.54) is 0 Å². The van der Waals surface area contributed by atoms with Crippen LogP contribution < -0.4 is 4.74 Å². The zero-order valence-corrected chi connectivity index (χ0v) is 17.1. The zero-order chi connectivity index (χ0) is 20.8. The Kier molecular flexibility index (Phi) is 6.44. The fraction of sp³-hybridized carbons (Fsp3) is 0.333. The molecule has 0 aliphatic carbocycles. The lowest BCUT2D eigenvalue weighted by Gasteiger charge is -2.32. The van der Waals surface area contributed by atoms with Gasteiger partial charge in [-0.25, -0.2) is 0 Å². The van der Waals surface area contributed by atoms with Crippen LogP contribution in [0.15, 0.2) is 65.2 Å².